The number of aliphatic hydroxyl groups is 2. The van der Waals surface area contributed by atoms with E-state index in [1.54, 1.807) is 11.8 Å². The largest absolute Gasteiger partial charge is 0.390 e. The van der Waals surface area contributed by atoms with Crippen LogP contribution in [0.1, 0.15) is 110 Å². The van der Waals surface area contributed by atoms with Gasteiger partial charge in [0.05, 0.1) is 12.2 Å². The first kappa shape index (κ1) is 43.9. The van der Waals surface area contributed by atoms with Gasteiger partial charge in [0.15, 0.2) is 6.29 Å². The Bertz CT molecular complexity index is 875. The molecule has 1 fully saturated rings. The van der Waals surface area contributed by atoms with Crippen LogP contribution >= 0.6 is 0 Å². The highest BCUT2D eigenvalue weighted by Gasteiger charge is 2.42. The van der Waals surface area contributed by atoms with Crippen molar-refractivity contribution in [2.24, 2.45) is 5.92 Å². The number of carbonyl (C=O) groups excluding carboxylic acids is 3. The highest BCUT2D eigenvalue weighted by atomic mass is 16.7. The molecule has 1 saturated heterocycles. The van der Waals surface area contributed by atoms with Gasteiger partial charge >= 0.3 is 0 Å². The molecule has 12 heteroatoms. The molecule has 0 aromatic rings. The Balaban J connectivity index is 2.14. The zero-order chi connectivity index (χ0) is 35.4. The van der Waals surface area contributed by atoms with Crippen LogP contribution in [0.15, 0.2) is 12.2 Å². The number of hydrogen-bond donors (Lipinski definition) is 5. The molecule has 0 saturated carbocycles. The van der Waals surface area contributed by atoms with Gasteiger partial charge in [-0.1, -0.05) is 77.4 Å². The molecule has 12 nitrogen and oxygen atoms in total. The molecule has 3 amide bonds. The van der Waals surface area contributed by atoms with Crippen LogP contribution in [0.4, 0.5) is 0 Å². The lowest BCUT2D eigenvalue weighted by atomic mass is 9.90. The summed E-state index contributed by atoms with van der Waals surface area (Å²) in [6, 6.07) is 0. The van der Waals surface area contributed by atoms with Gasteiger partial charge in [-0.3, -0.25) is 14.4 Å². The molecular formula is C36H68N4O8. The van der Waals surface area contributed by atoms with E-state index < -0.39 is 24.6 Å². The van der Waals surface area contributed by atoms with E-state index in [9.17, 15) is 24.6 Å². The zero-order valence-electron chi connectivity index (χ0n) is 30.4. The topological polar surface area (TPSA) is 159 Å². The average Bonchev–Trinajstić information content (AvgIpc) is 3.07. The van der Waals surface area contributed by atoms with E-state index in [4.69, 9.17) is 14.2 Å². The lowest BCUT2D eigenvalue weighted by Gasteiger charge is -2.40. The maximum atomic E-state index is 12.5. The highest BCUT2D eigenvalue weighted by molar-refractivity contribution is 5.78. The zero-order valence-corrected chi connectivity index (χ0v) is 30.4. The number of rotatable bonds is 29. The molecule has 5 N–H and O–H groups in total. The quantitative estimate of drug-likeness (QED) is 0.0588. The van der Waals surface area contributed by atoms with Gasteiger partial charge in [0, 0.05) is 72.2 Å². The molecular weight excluding hydrogens is 616 g/mol. The van der Waals surface area contributed by atoms with Crippen LogP contribution in [0.3, 0.4) is 0 Å². The van der Waals surface area contributed by atoms with Crippen molar-refractivity contribution in [1.82, 2.24) is 20.9 Å². The number of amides is 3. The number of nitrogens with one attached hydrogen (secondary N) is 3. The third kappa shape index (κ3) is 20.4. The van der Waals surface area contributed by atoms with Crippen LogP contribution in [-0.4, -0.2) is 118 Å². The van der Waals surface area contributed by atoms with Crippen molar-refractivity contribution in [2.75, 3.05) is 60.1 Å². The fourth-order valence-corrected chi connectivity index (χ4v) is 5.69. The number of methoxy groups -OCH3 is 2. The number of aliphatic hydroxyl groups excluding tert-OH is 2. The molecule has 5 atom stereocenters. The summed E-state index contributed by atoms with van der Waals surface area (Å²) in [6.45, 7) is 6.21. The fraction of sp³-hybridized carbons (Fsp3) is 0.861. The molecule has 1 rings (SSSR count). The minimum atomic E-state index is -1.14. The summed E-state index contributed by atoms with van der Waals surface area (Å²) in [7, 11) is 2.86. The summed E-state index contributed by atoms with van der Waals surface area (Å²) in [5, 5.41) is 29.1. The number of allylic oxidation sites excluding steroid dienone is 2. The lowest BCUT2D eigenvalue weighted by Crippen LogP contribution is -2.56. The molecule has 280 valence electrons. The number of nitrogens with zero attached hydrogens (tertiary/aromatic N) is 1. The molecule has 0 aromatic carbocycles. The second-order valence-corrected chi connectivity index (χ2v) is 12.9. The van der Waals surface area contributed by atoms with E-state index in [0.29, 0.717) is 39.1 Å². The summed E-state index contributed by atoms with van der Waals surface area (Å²) in [6.07, 6.45) is 17.6. The van der Waals surface area contributed by atoms with E-state index >= 15 is 0 Å². The second-order valence-electron chi connectivity index (χ2n) is 12.9. The maximum Gasteiger partial charge on any atom is 0.248 e. The minimum Gasteiger partial charge on any atom is -0.390 e. The predicted molar refractivity (Wildman–Crippen MR) is 188 cm³/mol. The maximum absolute atomic E-state index is 12.5. The highest BCUT2D eigenvalue weighted by Crippen LogP contribution is 2.26. The van der Waals surface area contributed by atoms with Crippen molar-refractivity contribution < 1.29 is 38.8 Å². The Morgan fingerprint density at radius 3 is 2.02 bits per heavy atom. The Kier molecular flexibility index (Phi) is 26.3. The molecule has 2 unspecified atom stereocenters. The van der Waals surface area contributed by atoms with Gasteiger partial charge in [0.1, 0.15) is 12.7 Å². The molecule has 0 radical (unpaired) electrons. The smallest absolute Gasteiger partial charge is 0.248 e. The van der Waals surface area contributed by atoms with Crippen molar-refractivity contribution in [3.8, 4) is 0 Å². The standard InChI is InChI=1S/C36H68N4O8/c1-5-6-7-8-9-10-11-12-13-14-15-16-17-18-19-20-31(41)38-24-26-40(33(43)28-46-3)25-23-37-22-21-32(42)39-27-30-29(2)34(44)35(45)36(47-4)48-30/h12-13,29-30,34-37,44-45H,5-11,14-28H2,1-4H3,(H,38,41)(H,39,42)/b13-12-/t29-,30?,34+,35-,36?/m0/s1. The van der Waals surface area contributed by atoms with Gasteiger partial charge in [0.2, 0.25) is 17.7 Å². The van der Waals surface area contributed by atoms with Gasteiger partial charge in [0.25, 0.3) is 0 Å². The van der Waals surface area contributed by atoms with E-state index in [-0.39, 0.29) is 43.2 Å². The number of carbonyl (C=O) groups is 3. The molecule has 1 aliphatic heterocycles. The summed E-state index contributed by atoms with van der Waals surface area (Å²) >= 11 is 0. The van der Waals surface area contributed by atoms with Gasteiger partial charge in [-0.25, -0.2) is 0 Å². The van der Waals surface area contributed by atoms with Gasteiger partial charge < -0.3 is 45.3 Å². The summed E-state index contributed by atoms with van der Waals surface area (Å²) in [4.78, 5) is 38.8. The van der Waals surface area contributed by atoms with Crippen molar-refractivity contribution >= 4 is 17.7 Å². The van der Waals surface area contributed by atoms with E-state index in [2.05, 4.69) is 35.0 Å². The van der Waals surface area contributed by atoms with Crippen LogP contribution in [0, 0.1) is 5.92 Å². The normalized spacial score (nSPS) is 21.0. The molecule has 0 aliphatic carbocycles. The SMILES string of the molecule is CCCCCCCC/C=C\CCCCCCCC(=O)NCCN(CCNCCC(=O)NCC1OC(OC)[C@@H](O)[C@H](O)[C@H]1C)C(=O)COC. The second kappa shape index (κ2) is 28.7. The molecule has 48 heavy (non-hydrogen) atoms. The Morgan fingerprint density at radius 2 is 1.38 bits per heavy atom. The van der Waals surface area contributed by atoms with Crippen molar-refractivity contribution in [3.05, 3.63) is 12.2 Å². The summed E-state index contributed by atoms with van der Waals surface area (Å²) in [5.74, 6) is -0.717. The fourth-order valence-electron chi connectivity index (χ4n) is 5.69. The van der Waals surface area contributed by atoms with Crippen LogP contribution < -0.4 is 16.0 Å². The first-order valence-electron chi connectivity index (χ1n) is 18.4. The molecule has 0 aromatic heterocycles. The van der Waals surface area contributed by atoms with Crippen LogP contribution in [-0.2, 0) is 28.6 Å². The molecule has 1 heterocycles. The third-order valence-corrected chi connectivity index (χ3v) is 8.87. The molecule has 0 spiro atoms. The molecule has 0 bridgehead atoms. The van der Waals surface area contributed by atoms with Crippen molar-refractivity contribution in [3.63, 3.8) is 0 Å². The lowest BCUT2D eigenvalue weighted by molar-refractivity contribution is -0.274. The minimum absolute atomic E-state index is 0.00681. The number of ether oxygens (including phenoxy) is 3. The van der Waals surface area contributed by atoms with Crippen molar-refractivity contribution in [1.29, 1.82) is 0 Å². The Hall–Kier alpha value is -2.09. The van der Waals surface area contributed by atoms with Crippen molar-refractivity contribution in [2.45, 2.75) is 135 Å². The third-order valence-electron chi connectivity index (χ3n) is 8.87. The van der Waals surface area contributed by atoms with Crippen LogP contribution in [0.5, 0.6) is 0 Å². The monoisotopic (exact) mass is 685 g/mol. The number of unbranched alkanes of at least 4 members (excludes halogenated alkanes) is 11. The first-order chi connectivity index (χ1) is 23.2. The summed E-state index contributed by atoms with van der Waals surface area (Å²) in [5.41, 5.74) is 0. The van der Waals surface area contributed by atoms with E-state index in [0.717, 1.165) is 25.7 Å². The summed E-state index contributed by atoms with van der Waals surface area (Å²) < 4.78 is 15.8. The Morgan fingerprint density at radius 1 is 0.771 bits per heavy atom. The van der Waals surface area contributed by atoms with E-state index in [1.807, 2.05) is 0 Å². The van der Waals surface area contributed by atoms with Gasteiger partial charge in [-0.2, -0.15) is 0 Å². The molecule has 1 aliphatic rings. The van der Waals surface area contributed by atoms with Crippen LogP contribution in [0.2, 0.25) is 0 Å². The first-order valence-corrected chi connectivity index (χ1v) is 18.4. The van der Waals surface area contributed by atoms with E-state index in [1.165, 1.54) is 72.0 Å². The number of hydrogen-bond acceptors (Lipinski definition) is 9. The average molecular weight is 685 g/mol. The van der Waals surface area contributed by atoms with Gasteiger partial charge in [-0.15, -0.1) is 0 Å². The van der Waals surface area contributed by atoms with Crippen LogP contribution in [0.25, 0.3) is 0 Å². The van der Waals surface area contributed by atoms with Gasteiger partial charge in [-0.05, 0) is 32.1 Å². The Labute approximate surface area is 290 Å². The predicted octanol–water partition coefficient (Wildman–Crippen LogP) is 3.44.